The predicted octanol–water partition coefficient (Wildman–Crippen LogP) is 2.10. The minimum absolute atomic E-state index is 0.471. The van der Waals surface area contributed by atoms with Crippen LogP contribution in [0, 0.1) is 0 Å². The van der Waals surface area contributed by atoms with Gasteiger partial charge in [0.15, 0.2) is 0 Å². The molecule has 0 bridgehead atoms. The molecule has 106 valence electrons. The summed E-state index contributed by atoms with van der Waals surface area (Å²) in [6.45, 7) is 1.78. The molecule has 0 saturated carbocycles. The molecule has 0 aromatic heterocycles. The SMILES string of the molecule is O=S(=O)(NCCSc1ccccc1)N1CCCCC1. The number of rotatable bonds is 6. The number of nitrogens with zero attached hydrogens (tertiary/aromatic N) is 1. The topological polar surface area (TPSA) is 49.4 Å². The Morgan fingerprint density at radius 3 is 2.47 bits per heavy atom. The third kappa shape index (κ3) is 4.80. The highest BCUT2D eigenvalue weighted by molar-refractivity contribution is 7.99. The van der Waals surface area contributed by atoms with Gasteiger partial charge in [0.05, 0.1) is 0 Å². The maximum atomic E-state index is 12.0. The molecular weight excluding hydrogens is 280 g/mol. The Labute approximate surface area is 119 Å². The van der Waals surface area contributed by atoms with Crippen molar-refractivity contribution in [2.45, 2.75) is 24.2 Å². The fourth-order valence-electron chi connectivity index (χ4n) is 2.05. The molecule has 2 rings (SSSR count). The number of benzene rings is 1. The first-order valence-electron chi connectivity index (χ1n) is 6.61. The van der Waals surface area contributed by atoms with Gasteiger partial charge in [0, 0.05) is 30.3 Å². The summed E-state index contributed by atoms with van der Waals surface area (Å²) in [5.74, 6) is 0.747. The van der Waals surface area contributed by atoms with Crippen LogP contribution in [0.4, 0.5) is 0 Å². The molecular formula is C13H20N2O2S2. The van der Waals surface area contributed by atoms with Crippen molar-refractivity contribution in [2.75, 3.05) is 25.4 Å². The van der Waals surface area contributed by atoms with Gasteiger partial charge in [-0.1, -0.05) is 24.6 Å². The van der Waals surface area contributed by atoms with Crippen LogP contribution < -0.4 is 4.72 Å². The van der Waals surface area contributed by atoms with Crippen molar-refractivity contribution in [3.05, 3.63) is 30.3 Å². The smallest absolute Gasteiger partial charge is 0.201 e. The number of hydrogen-bond donors (Lipinski definition) is 1. The lowest BCUT2D eigenvalue weighted by Gasteiger charge is -2.25. The van der Waals surface area contributed by atoms with Crippen LogP contribution >= 0.6 is 11.8 Å². The molecule has 1 fully saturated rings. The average molecular weight is 300 g/mol. The van der Waals surface area contributed by atoms with Crippen LogP contribution in [0.1, 0.15) is 19.3 Å². The number of thioether (sulfide) groups is 1. The predicted molar refractivity (Wildman–Crippen MR) is 79.5 cm³/mol. The highest BCUT2D eigenvalue weighted by atomic mass is 32.2. The molecule has 1 saturated heterocycles. The third-order valence-corrected chi connectivity index (χ3v) is 5.68. The molecule has 1 heterocycles. The normalized spacial score (nSPS) is 17.5. The van der Waals surface area contributed by atoms with Crippen molar-refractivity contribution in [2.24, 2.45) is 0 Å². The summed E-state index contributed by atoms with van der Waals surface area (Å²) in [6, 6.07) is 10.0. The Hall–Kier alpha value is -0.560. The summed E-state index contributed by atoms with van der Waals surface area (Å²) in [5, 5.41) is 0. The summed E-state index contributed by atoms with van der Waals surface area (Å²) in [7, 11) is -3.27. The van der Waals surface area contributed by atoms with Gasteiger partial charge in [-0.15, -0.1) is 11.8 Å². The molecule has 0 amide bonds. The zero-order chi connectivity index (χ0) is 13.6. The molecule has 1 aliphatic heterocycles. The second-order valence-electron chi connectivity index (χ2n) is 4.52. The highest BCUT2D eigenvalue weighted by Gasteiger charge is 2.22. The van der Waals surface area contributed by atoms with Gasteiger partial charge in [-0.05, 0) is 25.0 Å². The Bertz CT molecular complexity index is 471. The highest BCUT2D eigenvalue weighted by Crippen LogP contribution is 2.16. The van der Waals surface area contributed by atoms with Crippen LogP contribution in [0.3, 0.4) is 0 Å². The van der Waals surface area contributed by atoms with E-state index in [0.29, 0.717) is 19.6 Å². The lowest BCUT2D eigenvalue weighted by atomic mass is 10.2. The molecule has 0 radical (unpaired) electrons. The lowest BCUT2D eigenvalue weighted by molar-refractivity contribution is 0.342. The molecule has 6 heteroatoms. The summed E-state index contributed by atoms with van der Waals surface area (Å²) >= 11 is 1.66. The van der Waals surface area contributed by atoms with Gasteiger partial charge in [-0.2, -0.15) is 12.7 Å². The molecule has 0 unspecified atom stereocenters. The molecule has 19 heavy (non-hydrogen) atoms. The number of hydrogen-bond acceptors (Lipinski definition) is 3. The van der Waals surface area contributed by atoms with Gasteiger partial charge in [0.25, 0.3) is 10.2 Å². The Balaban J connectivity index is 1.72. The van der Waals surface area contributed by atoms with E-state index in [0.717, 1.165) is 25.0 Å². The van der Waals surface area contributed by atoms with E-state index in [1.807, 2.05) is 30.3 Å². The Kier molecular flexibility index (Phi) is 5.69. The lowest BCUT2D eigenvalue weighted by Crippen LogP contribution is -2.44. The van der Waals surface area contributed by atoms with E-state index in [1.165, 1.54) is 4.90 Å². The van der Waals surface area contributed by atoms with Crippen LogP contribution in [0.15, 0.2) is 35.2 Å². The third-order valence-electron chi connectivity index (χ3n) is 3.05. The second-order valence-corrected chi connectivity index (χ2v) is 7.44. The van der Waals surface area contributed by atoms with E-state index in [2.05, 4.69) is 4.72 Å². The van der Waals surface area contributed by atoms with E-state index in [4.69, 9.17) is 0 Å². The quantitative estimate of drug-likeness (QED) is 0.646. The number of piperidine rings is 1. The van der Waals surface area contributed by atoms with Crippen molar-refractivity contribution in [3.8, 4) is 0 Å². The van der Waals surface area contributed by atoms with Gasteiger partial charge < -0.3 is 0 Å². The van der Waals surface area contributed by atoms with Gasteiger partial charge in [-0.3, -0.25) is 0 Å². The van der Waals surface area contributed by atoms with Crippen LogP contribution in [0.5, 0.6) is 0 Å². The van der Waals surface area contributed by atoms with E-state index in [1.54, 1.807) is 16.1 Å². The van der Waals surface area contributed by atoms with E-state index >= 15 is 0 Å². The summed E-state index contributed by atoms with van der Waals surface area (Å²) in [4.78, 5) is 1.17. The van der Waals surface area contributed by atoms with Gasteiger partial charge in [0.1, 0.15) is 0 Å². The largest absolute Gasteiger partial charge is 0.279 e. The molecule has 0 spiro atoms. The standard InChI is InChI=1S/C13H20N2O2S2/c16-19(17,15-10-5-2-6-11-15)14-9-12-18-13-7-3-1-4-8-13/h1,3-4,7-8,14H,2,5-6,9-12H2. The maximum Gasteiger partial charge on any atom is 0.279 e. The molecule has 0 aliphatic carbocycles. The molecule has 0 atom stereocenters. The fourth-order valence-corrected chi connectivity index (χ4v) is 4.25. The maximum absolute atomic E-state index is 12.0. The summed E-state index contributed by atoms with van der Waals surface area (Å²) in [6.07, 6.45) is 3.08. The van der Waals surface area contributed by atoms with Gasteiger partial charge in [0.2, 0.25) is 0 Å². The zero-order valence-corrected chi connectivity index (χ0v) is 12.5. The van der Waals surface area contributed by atoms with Crippen LogP contribution in [-0.4, -0.2) is 38.1 Å². The van der Waals surface area contributed by atoms with Gasteiger partial charge >= 0.3 is 0 Å². The molecule has 1 aliphatic rings. The monoisotopic (exact) mass is 300 g/mol. The fraction of sp³-hybridized carbons (Fsp3) is 0.538. The molecule has 1 aromatic rings. The minimum Gasteiger partial charge on any atom is -0.201 e. The first-order valence-corrected chi connectivity index (χ1v) is 9.04. The van der Waals surface area contributed by atoms with Gasteiger partial charge in [-0.25, -0.2) is 4.72 Å². The summed E-state index contributed by atoms with van der Waals surface area (Å²) in [5.41, 5.74) is 0. The zero-order valence-electron chi connectivity index (χ0n) is 10.9. The van der Waals surface area contributed by atoms with E-state index in [-0.39, 0.29) is 0 Å². The van der Waals surface area contributed by atoms with Crippen molar-refractivity contribution < 1.29 is 8.42 Å². The molecule has 1 aromatic carbocycles. The van der Waals surface area contributed by atoms with Crippen LogP contribution in [-0.2, 0) is 10.2 Å². The van der Waals surface area contributed by atoms with Crippen molar-refractivity contribution in [1.29, 1.82) is 0 Å². The first kappa shape index (κ1) is 14.8. The van der Waals surface area contributed by atoms with Crippen molar-refractivity contribution >= 4 is 22.0 Å². The minimum atomic E-state index is -3.27. The van der Waals surface area contributed by atoms with Crippen LogP contribution in [0.25, 0.3) is 0 Å². The van der Waals surface area contributed by atoms with E-state index < -0.39 is 10.2 Å². The Morgan fingerprint density at radius 1 is 1.11 bits per heavy atom. The molecule has 1 N–H and O–H groups in total. The van der Waals surface area contributed by atoms with Crippen LogP contribution in [0.2, 0.25) is 0 Å². The van der Waals surface area contributed by atoms with E-state index in [9.17, 15) is 8.42 Å². The average Bonchev–Trinajstić information content (AvgIpc) is 2.46. The number of nitrogens with one attached hydrogen (secondary N) is 1. The summed E-state index contributed by atoms with van der Waals surface area (Å²) < 4.78 is 28.2. The van der Waals surface area contributed by atoms with Crippen molar-refractivity contribution in [3.63, 3.8) is 0 Å². The first-order chi connectivity index (χ1) is 9.18. The Morgan fingerprint density at radius 2 is 1.79 bits per heavy atom. The molecule has 4 nitrogen and oxygen atoms in total. The van der Waals surface area contributed by atoms with Crippen molar-refractivity contribution in [1.82, 2.24) is 9.03 Å². The second kappa shape index (κ2) is 7.28.